The summed E-state index contributed by atoms with van der Waals surface area (Å²) in [4.78, 5) is 1.99. The van der Waals surface area contributed by atoms with Gasteiger partial charge in [0.1, 0.15) is 5.75 Å². The van der Waals surface area contributed by atoms with Crippen molar-refractivity contribution < 1.29 is 4.74 Å². The predicted octanol–water partition coefficient (Wildman–Crippen LogP) is 2.53. The largest absolute Gasteiger partial charge is 0.493 e. The second kappa shape index (κ2) is 6.93. The Balaban J connectivity index is 2.34. The molecular formula is C14H20N2O. The van der Waals surface area contributed by atoms with E-state index in [0.29, 0.717) is 13.2 Å². The molecular weight excluding hydrogens is 212 g/mol. The van der Waals surface area contributed by atoms with Crippen molar-refractivity contribution in [3.05, 3.63) is 29.3 Å². The molecule has 17 heavy (non-hydrogen) atoms. The van der Waals surface area contributed by atoms with Gasteiger partial charge in [-0.25, -0.2) is 0 Å². The van der Waals surface area contributed by atoms with Gasteiger partial charge < -0.3 is 4.74 Å². The minimum atomic E-state index is 0.476. The van der Waals surface area contributed by atoms with Crippen molar-refractivity contribution in [3.63, 3.8) is 0 Å². The van der Waals surface area contributed by atoms with Crippen LogP contribution in [0.5, 0.6) is 5.75 Å². The van der Waals surface area contributed by atoms with E-state index in [9.17, 15) is 0 Å². The molecule has 0 radical (unpaired) electrons. The Bertz CT molecular complexity index is 375. The molecule has 92 valence electrons. The summed E-state index contributed by atoms with van der Waals surface area (Å²) in [6, 6.07) is 8.29. The van der Waals surface area contributed by atoms with Crippen LogP contribution < -0.4 is 4.74 Å². The summed E-state index contributed by atoms with van der Waals surface area (Å²) in [7, 11) is 1.95. The minimum Gasteiger partial charge on any atom is -0.493 e. The van der Waals surface area contributed by atoms with Crippen LogP contribution in [-0.4, -0.2) is 31.6 Å². The van der Waals surface area contributed by atoms with Gasteiger partial charge in [0.05, 0.1) is 19.2 Å². The van der Waals surface area contributed by atoms with Crippen molar-refractivity contribution >= 4 is 0 Å². The highest BCUT2D eigenvalue weighted by Gasteiger charge is 2.03. The fraction of sp³-hybridized carbons (Fsp3) is 0.500. The van der Waals surface area contributed by atoms with Crippen molar-refractivity contribution in [2.24, 2.45) is 0 Å². The van der Waals surface area contributed by atoms with Crippen molar-refractivity contribution in [3.8, 4) is 11.8 Å². The molecule has 0 saturated carbocycles. The molecule has 0 amide bonds. The lowest BCUT2D eigenvalue weighted by Crippen LogP contribution is -2.21. The molecule has 0 unspecified atom stereocenters. The van der Waals surface area contributed by atoms with Gasteiger partial charge in [-0.3, -0.25) is 4.90 Å². The summed E-state index contributed by atoms with van der Waals surface area (Å²) in [5.74, 6) is 0.996. The molecule has 3 nitrogen and oxygen atoms in total. The average Bonchev–Trinajstić information content (AvgIpc) is 2.28. The molecule has 0 saturated heterocycles. The smallest absolute Gasteiger partial charge is 0.125 e. The predicted molar refractivity (Wildman–Crippen MR) is 69.1 cm³/mol. The first-order valence-corrected chi connectivity index (χ1v) is 5.89. The second-order valence-electron chi connectivity index (χ2n) is 4.32. The van der Waals surface area contributed by atoms with E-state index < -0.39 is 0 Å². The van der Waals surface area contributed by atoms with E-state index in [4.69, 9.17) is 10.00 Å². The number of benzene rings is 1. The summed E-state index contributed by atoms with van der Waals surface area (Å²) in [6.07, 6.45) is 0.936. The lowest BCUT2D eigenvalue weighted by Gasteiger charge is -2.14. The molecule has 1 aromatic carbocycles. The van der Waals surface area contributed by atoms with E-state index >= 15 is 0 Å². The van der Waals surface area contributed by atoms with Crippen molar-refractivity contribution in [2.45, 2.75) is 20.3 Å². The van der Waals surface area contributed by atoms with Crippen molar-refractivity contribution in [1.82, 2.24) is 4.90 Å². The Morgan fingerprint density at radius 2 is 1.94 bits per heavy atom. The number of ether oxygens (including phenoxy) is 1. The first-order valence-electron chi connectivity index (χ1n) is 5.89. The maximum atomic E-state index is 8.52. The number of aryl methyl sites for hydroxylation is 2. The number of hydrogen-bond acceptors (Lipinski definition) is 3. The Kier molecular flexibility index (Phi) is 5.51. The molecule has 0 heterocycles. The average molecular weight is 232 g/mol. The molecule has 0 aliphatic heterocycles. The number of hydrogen-bond donors (Lipinski definition) is 0. The molecule has 0 bridgehead atoms. The van der Waals surface area contributed by atoms with Crippen LogP contribution in [0.3, 0.4) is 0 Å². The van der Waals surface area contributed by atoms with Gasteiger partial charge in [0.15, 0.2) is 0 Å². The third kappa shape index (κ3) is 4.46. The van der Waals surface area contributed by atoms with Crippen molar-refractivity contribution in [2.75, 3.05) is 26.7 Å². The number of nitriles is 1. The third-order valence-electron chi connectivity index (χ3n) is 2.68. The molecule has 0 atom stereocenters. The second-order valence-corrected chi connectivity index (χ2v) is 4.32. The molecule has 1 aromatic rings. The first-order chi connectivity index (χ1) is 8.15. The Hall–Kier alpha value is -1.53. The highest BCUT2D eigenvalue weighted by molar-refractivity contribution is 5.39. The van der Waals surface area contributed by atoms with Crippen LogP contribution in [0.4, 0.5) is 0 Å². The zero-order valence-corrected chi connectivity index (χ0v) is 10.9. The maximum absolute atomic E-state index is 8.52. The number of rotatable bonds is 6. The summed E-state index contributed by atoms with van der Waals surface area (Å²) in [6.45, 7) is 6.18. The molecule has 1 rings (SSSR count). The van der Waals surface area contributed by atoms with E-state index in [2.05, 4.69) is 32.0 Å². The Morgan fingerprint density at radius 1 is 1.29 bits per heavy atom. The minimum absolute atomic E-state index is 0.476. The molecule has 0 aromatic heterocycles. The Labute approximate surface area is 104 Å². The van der Waals surface area contributed by atoms with Crippen LogP contribution in [-0.2, 0) is 0 Å². The summed E-state index contributed by atoms with van der Waals surface area (Å²) in [5, 5.41) is 8.52. The molecule has 0 aliphatic rings. The van der Waals surface area contributed by atoms with Gasteiger partial charge >= 0.3 is 0 Å². The third-order valence-corrected chi connectivity index (χ3v) is 2.68. The van der Waals surface area contributed by atoms with Crippen LogP contribution in [0, 0.1) is 25.2 Å². The van der Waals surface area contributed by atoms with Crippen LogP contribution >= 0.6 is 0 Å². The van der Waals surface area contributed by atoms with Crippen LogP contribution in [0.1, 0.15) is 17.5 Å². The van der Waals surface area contributed by atoms with Crippen LogP contribution in [0.25, 0.3) is 0 Å². The summed E-state index contributed by atoms with van der Waals surface area (Å²) in [5.41, 5.74) is 2.35. The zero-order valence-electron chi connectivity index (χ0n) is 10.9. The van der Waals surface area contributed by atoms with Gasteiger partial charge in [0.2, 0.25) is 0 Å². The maximum Gasteiger partial charge on any atom is 0.125 e. The van der Waals surface area contributed by atoms with Gasteiger partial charge in [-0.1, -0.05) is 18.2 Å². The quantitative estimate of drug-likeness (QED) is 0.558. The fourth-order valence-corrected chi connectivity index (χ4v) is 1.74. The van der Waals surface area contributed by atoms with E-state index in [-0.39, 0.29) is 0 Å². The summed E-state index contributed by atoms with van der Waals surface area (Å²) < 4.78 is 5.79. The topological polar surface area (TPSA) is 36.3 Å². The van der Waals surface area contributed by atoms with Gasteiger partial charge in [0.25, 0.3) is 0 Å². The molecule has 0 aliphatic carbocycles. The van der Waals surface area contributed by atoms with Crippen molar-refractivity contribution in [1.29, 1.82) is 5.26 Å². The SMILES string of the molecule is Cc1cccc(C)c1OCCCN(C)CC#N. The monoisotopic (exact) mass is 232 g/mol. The molecule has 0 spiro atoms. The van der Waals surface area contributed by atoms with Crippen LogP contribution in [0.15, 0.2) is 18.2 Å². The summed E-state index contributed by atoms with van der Waals surface area (Å²) >= 11 is 0. The van der Waals surface area contributed by atoms with Gasteiger partial charge in [0, 0.05) is 6.54 Å². The highest BCUT2D eigenvalue weighted by atomic mass is 16.5. The molecule has 0 N–H and O–H groups in total. The van der Waals surface area contributed by atoms with E-state index in [1.54, 1.807) is 0 Å². The van der Waals surface area contributed by atoms with E-state index in [0.717, 1.165) is 18.7 Å². The molecule has 0 fully saturated rings. The molecule has 3 heteroatoms. The lowest BCUT2D eigenvalue weighted by molar-refractivity contribution is 0.271. The van der Waals surface area contributed by atoms with E-state index in [1.165, 1.54) is 11.1 Å². The van der Waals surface area contributed by atoms with Gasteiger partial charge in [-0.15, -0.1) is 0 Å². The Morgan fingerprint density at radius 3 is 2.53 bits per heavy atom. The zero-order chi connectivity index (χ0) is 12.7. The normalized spacial score (nSPS) is 10.3. The standard InChI is InChI=1S/C14H20N2O/c1-12-6-4-7-13(2)14(12)17-11-5-9-16(3)10-8-15/h4,6-7H,5,9-11H2,1-3H3. The number of para-hydroxylation sites is 1. The fourth-order valence-electron chi connectivity index (χ4n) is 1.74. The number of nitrogens with zero attached hydrogens (tertiary/aromatic N) is 2. The lowest BCUT2D eigenvalue weighted by atomic mass is 10.1. The van der Waals surface area contributed by atoms with E-state index in [1.807, 2.05) is 18.0 Å². The highest BCUT2D eigenvalue weighted by Crippen LogP contribution is 2.22. The first kappa shape index (κ1) is 13.5. The van der Waals surface area contributed by atoms with Crippen LogP contribution in [0.2, 0.25) is 0 Å². The van der Waals surface area contributed by atoms with Gasteiger partial charge in [-0.2, -0.15) is 5.26 Å². The van der Waals surface area contributed by atoms with Gasteiger partial charge in [-0.05, 0) is 38.4 Å².